The molecule has 66 heavy (non-hydrogen) atoms. The van der Waals surface area contributed by atoms with E-state index in [-0.39, 0.29) is 154 Å². The molecule has 2 saturated heterocycles. The Morgan fingerprint density at radius 1 is 0.788 bits per heavy atom. The quantitative estimate of drug-likeness (QED) is 0.0702. The van der Waals surface area contributed by atoms with Crippen molar-refractivity contribution in [2.75, 3.05) is 11.5 Å². The van der Waals surface area contributed by atoms with Crippen molar-refractivity contribution in [1.82, 2.24) is 39.2 Å². The van der Waals surface area contributed by atoms with Crippen LogP contribution in [0.15, 0.2) is 90.3 Å². The normalized spacial score (nSPS) is 20.8. The van der Waals surface area contributed by atoms with E-state index in [0.29, 0.717) is 36.0 Å². The van der Waals surface area contributed by atoms with Gasteiger partial charge in [0.25, 0.3) is 0 Å². The fourth-order valence-corrected chi connectivity index (χ4v) is 7.06. The zero-order chi connectivity index (χ0) is 41.8. The number of halogens is 4. The maximum atomic E-state index is 11.6. The third-order valence-corrected chi connectivity index (χ3v) is 10.2. The minimum atomic E-state index is -1.69. The van der Waals surface area contributed by atoms with Crippen LogP contribution in [-0.4, -0.2) is 121 Å². The molecule has 5 N–H and O–H groups in total. The van der Waals surface area contributed by atoms with Crippen molar-refractivity contribution < 1.29 is 86.4 Å². The van der Waals surface area contributed by atoms with E-state index in [9.17, 15) is 9.90 Å². The first-order chi connectivity index (χ1) is 28.0. The number of benzene rings is 2. The van der Waals surface area contributed by atoms with Gasteiger partial charge in [-0.25, -0.2) is 33.8 Å². The summed E-state index contributed by atoms with van der Waals surface area (Å²) in [4.78, 5) is 27.6. The predicted octanol–water partition coefficient (Wildman–Crippen LogP) is -5.42. The molecule has 2 aromatic carbocycles. The van der Waals surface area contributed by atoms with Gasteiger partial charge < -0.3 is 88.0 Å². The average Bonchev–Trinajstić information content (AvgIpc) is 3.98. The molecule has 6 heterocycles. The predicted molar refractivity (Wildman–Crippen MR) is 247 cm³/mol. The van der Waals surface area contributed by atoms with Crippen molar-refractivity contribution in [1.29, 1.82) is 0 Å². The molecule has 2 aliphatic rings. The second-order valence-corrected chi connectivity index (χ2v) is 14.7. The Morgan fingerprint density at radius 3 is 1.71 bits per heavy atom. The van der Waals surface area contributed by atoms with Gasteiger partial charge >= 0.3 is 70.9 Å². The van der Waals surface area contributed by atoms with Gasteiger partial charge in [0.1, 0.15) is 35.2 Å². The summed E-state index contributed by atoms with van der Waals surface area (Å²) in [6, 6.07) is 19.7. The molecule has 2 fully saturated rings. The van der Waals surface area contributed by atoms with Gasteiger partial charge in [0, 0.05) is 11.8 Å². The second-order valence-electron chi connectivity index (χ2n) is 13.9. The van der Waals surface area contributed by atoms with Gasteiger partial charge in [-0.1, -0.05) is 95.8 Å². The number of nitrogens with zero attached hydrogens (tertiary/aromatic N) is 8. The van der Waals surface area contributed by atoms with E-state index < -0.39 is 18.0 Å². The SMILES string of the molecule is C.CC[C@H]1OC(=O)[C@H](OCc2ccccc2)[C@@H]1C.CC[C@H]1OC(O)(c2cnc3c(N)ncnn23)[C@H](OCc2ccccc2)[C@@H]1C.C[CH-]C.Nc1ncnn2c(Br)cnc12.[CH3-].[Cl-].[Cl-].[Cl-].[H-].[Li+].[Mg+2].[Mg+2]. The minimum absolute atomic E-state index is 0. The average molecular weight is 1050 g/mol. The van der Waals surface area contributed by atoms with Crippen molar-refractivity contribution >= 4 is 90.9 Å². The number of anilines is 2. The summed E-state index contributed by atoms with van der Waals surface area (Å²) in [5, 5.41) is 19.6. The molecule has 0 amide bonds. The number of ether oxygens (including phenoxy) is 4. The van der Waals surface area contributed by atoms with Crippen LogP contribution in [0.3, 0.4) is 0 Å². The molecule has 7 atom stereocenters. The van der Waals surface area contributed by atoms with E-state index in [1.165, 1.54) is 23.4 Å². The van der Waals surface area contributed by atoms with Gasteiger partial charge in [-0.2, -0.15) is 24.0 Å². The Kier molecular flexibility index (Phi) is 36.6. The molecule has 0 aliphatic carbocycles. The molecule has 8 rings (SSSR count). The van der Waals surface area contributed by atoms with E-state index in [1.807, 2.05) is 109 Å². The number of carbonyl (C=O) groups is 1. The van der Waals surface area contributed by atoms with Crippen molar-refractivity contribution in [3.8, 4) is 0 Å². The Hall–Kier alpha value is -2.07. The third-order valence-electron chi connectivity index (χ3n) is 9.68. The molecule has 352 valence electrons. The molecule has 0 radical (unpaired) electrons. The Bertz CT molecular complexity index is 2240. The number of esters is 1. The van der Waals surface area contributed by atoms with E-state index in [1.54, 1.807) is 10.7 Å². The monoisotopic (exact) mass is 1050 g/mol. The molecule has 0 bridgehead atoms. The van der Waals surface area contributed by atoms with Gasteiger partial charge in [0.2, 0.25) is 5.79 Å². The van der Waals surface area contributed by atoms with E-state index in [0.717, 1.165) is 28.6 Å². The molecular formula is C43H60BrCl3LiMg2N10O6-. The summed E-state index contributed by atoms with van der Waals surface area (Å²) in [5.74, 6) is -1.18. The van der Waals surface area contributed by atoms with Crippen molar-refractivity contribution in [2.45, 2.75) is 105 Å². The third kappa shape index (κ3) is 17.4. The number of fused-ring (bicyclic) bond motifs is 2. The van der Waals surface area contributed by atoms with Crippen LogP contribution in [0.5, 0.6) is 0 Å². The standard InChI is InChI=1S/C19H23N5O3.C14H18O3.C5H4BrN5.C3H7.CH4.CH3.3ClH.Li.2Mg.H/c1-3-14-12(2)16(26-10-13-7-5-4-6-8-13)19(25,27-14)15-9-21-18-17(20)22-11-23-24(15)18;1-3-12-10(2)13(14(15)17-12)16-9-11-7-5-4-6-8-11;6-3-1-8-5-4(7)9-2-10-11(3)5;1-3-2;;;;;;;;;/h4-9,11-12,14,16,25H,3,10H2,1-2H3,(H2,20,22,23);4-8,10,12-13H,3,9H2,1-2H3;1-2H,(H2,7,9,10);3H,1-2H3;1H4;1H3;3*1H;;;;/q;;;-1;;-1;;;;+1;2*+2;-1/p-3/t12-,14-,16-,19?;10-,12-,13-;;;;;;;;;;;/m11.........../s1. The van der Waals surface area contributed by atoms with Gasteiger partial charge in [-0.05, 0) is 39.9 Å². The summed E-state index contributed by atoms with van der Waals surface area (Å²) in [5.41, 5.74) is 14.8. The molecule has 0 saturated carbocycles. The summed E-state index contributed by atoms with van der Waals surface area (Å²) in [7, 11) is 0. The fourth-order valence-electron chi connectivity index (χ4n) is 6.70. The van der Waals surface area contributed by atoms with Crippen LogP contribution < -0.4 is 67.5 Å². The first kappa shape index (κ1) is 70.5. The number of hydrogen-bond donors (Lipinski definition) is 3. The topological polar surface area (TPSA) is 212 Å². The summed E-state index contributed by atoms with van der Waals surface area (Å²) in [6.07, 6.45) is 8.30. The summed E-state index contributed by atoms with van der Waals surface area (Å²) in [6.45, 7) is 12.9. The van der Waals surface area contributed by atoms with Gasteiger partial charge in [-0.15, -0.1) is 0 Å². The van der Waals surface area contributed by atoms with Crippen LogP contribution in [0, 0.1) is 25.7 Å². The number of nitrogen functional groups attached to an aromatic ring is 2. The Balaban J connectivity index is -0.000000280. The van der Waals surface area contributed by atoms with Crippen molar-refractivity contribution in [2.24, 2.45) is 11.8 Å². The maximum Gasteiger partial charge on any atom is 2.00 e. The second kappa shape index (κ2) is 34.3. The summed E-state index contributed by atoms with van der Waals surface area (Å²) >= 11 is 3.26. The smallest absolute Gasteiger partial charge is 1.00 e. The number of imidazole rings is 2. The maximum absolute atomic E-state index is 11.6. The number of nitrogens with two attached hydrogens (primary N) is 2. The zero-order valence-corrected chi connectivity index (χ0v) is 44.8. The van der Waals surface area contributed by atoms with Crippen molar-refractivity contribution in [3.63, 3.8) is 0 Å². The van der Waals surface area contributed by atoms with Crippen LogP contribution in [0.4, 0.5) is 11.6 Å². The van der Waals surface area contributed by atoms with Gasteiger partial charge in [0.15, 0.2) is 29.0 Å². The molecule has 6 aromatic rings. The molecule has 1 unspecified atom stereocenters. The van der Waals surface area contributed by atoms with Crippen LogP contribution in [0.2, 0.25) is 0 Å². The van der Waals surface area contributed by atoms with Crippen LogP contribution in [0.25, 0.3) is 11.3 Å². The largest absolute Gasteiger partial charge is 2.00 e. The number of rotatable bonds is 9. The number of aliphatic hydroxyl groups is 1. The Labute approximate surface area is 462 Å². The first-order valence-electron chi connectivity index (χ1n) is 19.2. The zero-order valence-electron chi connectivity index (χ0n) is 39.1. The molecular weight excluding hydrogens is 994 g/mol. The molecule has 2 aliphatic heterocycles. The van der Waals surface area contributed by atoms with Crippen molar-refractivity contribution in [3.05, 3.63) is 121 Å². The number of aromatic nitrogens is 8. The Morgan fingerprint density at radius 2 is 1.24 bits per heavy atom. The first-order valence-corrected chi connectivity index (χ1v) is 20.0. The number of cyclic esters (lactones) is 1. The van der Waals surface area contributed by atoms with Crippen LogP contribution >= 0.6 is 15.9 Å². The van der Waals surface area contributed by atoms with E-state index >= 15 is 0 Å². The van der Waals surface area contributed by atoms with E-state index in [4.69, 9.17) is 30.4 Å². The minimum Gasteiger partial charge on any atom is -1.00 e. The molecule has 4 aromatic heterocycles. The van der Waals surface area contributed by atoms with Crippen LogP contribution in [0.1, 0.15) is 80.1 Å². The molecule has 23 heteroatoms. The fraction of sp³-hybridized carbons (Fsp3) is 0.419. The number of carbonyl (C=O) groups excluding carboxylic acids is 1. The number of hydrogen-bond acceptors (Lipinski definition) is 14. The molecule has 0 spiro atoms. The van der Waals surface area contributed by atoms with Gasteiger partial charge in [0.05, 0.1) is 31.7 Å². The van der Waals surface area contributed by atoms with Gasteiger partial charge in [-0.3, -0.25) is 0 Å². The summed E-state index contributed by atoms with van der Waals surface area (Å²) < 4.78 is 27.0. The van der Waals surface area contributed by atoms with Crippen LogP contribution in [-0.2, 0) is 42.7 Å². The van der Waals surface area contributed by atoms with E-state index in [2.05, 4.69) is 46.1 Å². The molecule has 16 nitrogen and oxygen atoms in total.